The van der Waals surface area contributed by atoms with Crippen molar-refractivity contribution in [3.63, 3.8) is 0 Å². The minimum absolute atomic E-state index is 0.229. The highest BCUT2D eigenvalue weighted by molar-refractivity contribution is 7.98. The molecule has 0 unspecified atom stereocenters. The maximum atomic E-state index is 13.7. The summed E-state index contributed by atoms with van der Waals surface area (Å²) in [6.45, 7) is 4.66. The van der Waals surface area contributed by atoms with E-state index in [1.807, 2.05) is 32.2 Å². The lowest BCUT2D eigenvalue weighted by Crippen LogP contribution is -2.41. The Morgan fingerprint density at radius 1 is 1.10 bits per heavy atom. The number of nitrogens with one attached hydrogen (secondary N) is 3. The van der Waals surface area contributed by atoms with E-state index < -0.39 is 29.0 Å². The van der Waals surface area contributed by atoms with Crippen molar-refractivity contribution in [2.45, 2.75) is 25.3 Å². The molecule has 0 saturated carbocycles. The van der Waals surface area contributed by atoms with Crippen molar-refractivity contribution in [3.8, 4) is 0 Å². The third-order valence-corrected chi connectivity index (χ3v) is 4.74. The van der Waals surface area contributed by atoms with Crippen molar-refractivity contribution in [2.75, 3.05) is 24.7 Å². The smallest absolute Gasteiger partial charge is 0.243 e. The van der Waals surface area contributed by atoms with Crippen LogP contribution in [0.5, 0.6) is 0 Å². The number of carbonyl (C=O) groups is 1. The zero-order valence-electron chi connectivity index (χ0n) is 16.4. The predicted octanol–water partition coefficient (Wildman–Crippen LogP) is 3.83. The Balaban J connectivity index is 2.01. The lowest BCUT2D eigenvalue weighted by atomic mass is 10.1. The van der Waals surface area contributed by atoms with Crippen LogP contribution >= 0.6 is 11.8 Å². The van der Waals surface area contributed by atoms with Gasteiger partial charge in [-0.25, -0.2) is 18.2 Å². The minimum atomic E-state index is -1.63. The number of hydrogen-bond donors (Lipinski definition) is 3. The number of guanidine groups is 1. The van der Waals surface area contributed by atoms with Gasteiger partial charge in [0.2, 0.25) is 5.91 Å². The highest BCUT2D eigenvalue weighted by atomic mass is 32.2. The van der Waals surface area contributed by atoms with E-state index in [1.54, 1.807) is 11.8 Å². The Labute approximate surface area is 172 Å². The molecule has 1 amide bonds. The standard InChI is InChI=1S/C20H23F3N4OS/c1-4-24-20(25-10-13-6-5-12(2)9-16(13)29-3)26-11-17(28)27-15-8-7-14(21)18(22)19(15)23/h5-9H,4,10-11H2,1-3H3,(H,27,28)(H2,24,25,26). The number of carbonyl (C=O) groups excluding carboxylic acids is 1. The maximum Gasteiger partial charge on any atom is 0.243 e. The average molecular weight is 424 g/mol. The molecule has 156 valence electrons. The summed E-state index contributed by atoms with van der Waals surface area (Å²) in [5.41, 5.74) is 1.78. The first-order valence-corrected chi connectivity index (χ1v) is 10.2. The molecule has 0 aliphatic heterocycles. The summed E-state index contributed by atoms with van der Waals surface area (Å²) in [5, 5.41) is 8.06. The summed E-state index contributed by atoms with van der Waals surface area (Å²) >= 11 is 1.63. The maximum absolute atomic E-state index is 13.7. The van der Waals surface area contributed by atoms with Crippen LogP contribution < -0.4 is 16.0 Å². The van der Waals surface area contributed by atoms with E-state index in [9.17, 15) is 18.0 Å². The molecule has 0 aromatic heterocycles. The largest absolute Gasteiger partial charge is 0.357 e. The van der Waals surface area contributed by atoms with Crippen LogP contribution in [0, 0.1) is 24.4 Å². The molecule has 0 bridgehead atoms. The number of aryl methyl sites for hydroxylation is 1. The summed E-state index contributed by atoms with van der Waals surface area (Å²) in [5.74, 6) is -4.61. The van der Waals surface area contributed by atoms with Crippen molar-refractivity contribution in [1.29, 1.82) is 0 Å². The Kier molecular flexibility index (Phi) is 8.38. The van der Waals surface area contributed by atoms with Gasteiger partial charge in [0.25, 0.3) is 0 Å². The topological polar surface area (TPSA) is 65.5 Å². The molecule has 2 aromatic rings. The van der Waals surface area contributed by atoms with Crippen LogP contribution in [0.15, 0.2) is 40.2 Å². The highest BCUT2D eigenvalue weighted by Crippen LogP contribution is 2.22. The van der Waals surface area contributed by atoms with Gasteiger partial charge in [-0.3, -0.25) is 4.79 Å². The summed E-state index contributed by atoms with van der Waals surface area (Å²) in [4.78, 5) is 17.6. The number of hydrogen-bond acceptors (Lipinski definition) is 3. The van der Waals surface area contributed by atoms with Crippen molar-refractivity contribution >= 4 is 29.3 Å². The molecule has 0 aliphatic carbocycles. The van der Waals surface area contributed by atoms with Gasteiger partial charge in [-0.1, -0.05) is 12.1 Å². The first-order chi connectivity index (χ1) is 13.8. The summed E-state index contributed by atoms with van der Waals surface area (Å²) in [7, 11) is 0. The lowest BCUT2D eigenvalue weighted by molar-refractivity contribution is -0.115. The van der Waals surface area contributed by atoms with Crippen LogP contribution in [0.1, 0.15) is 18.1 Å². The van der Waals surface area contributed by atoms with Crippen molar-refractivity contribution < 1.29 is 18.0 Å². The molecular weight excluding hydrogens is 401 g/mol. The molecule has 5 nitrogen and oxygen atoms in total. The SMILES string of the molecule is CCNC(=NCc1ccc(C)cc1SC)NCC(=O)Nc1ccc(F)c(F)c1F. The molecular formula is C20H23F3N4OS. The molecule has 2 aromatic carbocycles. The molecule has 0 aliphatic rings. The monoisotopic (exact) mass is 424 g/mol. The Morgan fingerprint density at radius 2 is 1.86 bits per heavy atom. The summed E-state index contributed by atoms with van der Waals surface area (Å²) in [6.07, 6.45) is 1.99. The van der Waals surface area contributed by atoms with Gasteiger partial charge >= 0.3 is 0 Å². The van der Waals surface area contributed by atoms with Gasteiger partial charge in [0.05, 0.1) is 18.8 Å². The molecule has 2 rings (SSSR count). The zero-order chi connectivity index (χ0) is 21.4. The number of halogens is 3. The van der Waals surface area contributed by atoms with Gasteiger partial charge in [-0.15, -0.1) is 11.8 Å². The third-order valence-electron chi connectivity index (χ3n) is 3.92. The van der Waals surface area contributed by atoms with E-state index in [2.05, 4.69) is 27.0 Å². The van der Waals surface area contributed by atoms with Gasteiger partial charge in [0, 0.05) is 11.4 Å². The Morgan fingerprint density at radius 3 is 2.55 bits per heavy atom. The molecule has 0 fully saturated rings. The van der Waals surface area contributed by atoms with E-state index in [-0.39, 0.29) is 6.54 Å². The third kappa shape index (κ3) is 6.42. The first kappa shape index (κ1) is 22.6. The van der Waals surface area contributed by atoms with Crippen molar-refractivity contribution in [2.24, 2.45) is 4.99 Å². The average Bonchev–Trinajstić information content (AvgIpc) is 2.71. The summed E-state index contributed by atoms with van der Waals surface area (Å²) < 4.78 is 39.9. The quantitative estimate of drug-likeness (QED) is 0.274. The molecule has 9 heteroatoms. The fraction of sp³-hybridized carbons (Fsp3) is 0.300. The number of nitrogens with zero attached hydrogens (tertiary/aromatic N) is 1. The van der Waals surface area contributed by atoms with E-state index in [0.717, 1.165) is 28.2 Å². The molecule has 0 saturated heterocycles. The number of anilines is 1. The Hall–Kier alpha value is -2.68. The number of rotatable bonds is 7. The van der Waals surface area contributed by atoms with Crippen LogP contribution in [0.3, 0.4) is 0 Å². The molecule has 3 N–H and O–H groups in total. The van der Waals surface area contributed by atoms with Crippen molar-refractivity contribution in [3.05, 3.63) is 58.9 Å². The van der Waals surface area contributed by atoms with Gasteiger partial charge < -0.3 is 16.0 Å². The second kappa shape index (κ2) is 10.8. The van der Waals surface area contributed by atoms with Crippen LogP contribution in [0.25, 0.3) is 0 Å². The molecule has 29 heavy (non-hydrogen) atoms. The second-order valence-electron chi connectivity index (χ2n) is 6.14. The van der Waals surface area contributed by atoms with E-state index in [0.29, 0.717) is 19.0 Å². The van der Waals surface area contributed by atoms with Crippen molar-refractivity contribution in [1.82, 2.24) is 10.6 Å². The van der Waals surface area contributed by atoms with Crippen LogP contribution in [-0.4, -0.2) is 31.2 Å². The predicted molar refractivity (Wildman–Crippen MR) is 111 cm³/mol. The number of aliphatic imine (C=N–C) groups is 1. The minimum Gasteiger partial charge on any atom is -0.357 e. The molecule has 0 spiro atoms. The molecule has 0 radical (unpaired) electrons. The van der Waals surface area contributed by atoms with Gasteiger partial charge in [0.15, 0.2) is 23.4 Å². The first-order valence-electron chi connectivity index (χ1n) is 8.94. The van der Waals surface area contributed by atoms with Crippen LogP contribution in [0.4, 0.5) is 18.9 Å². The molecule has 0 atom stereocenters. The fourth-order valence-electron chi connectivity index (χ4n) is 2.47. The van der Waals surface area contributed by atoms with Gasteiger partial charge in [-0.05, 0) is 49.4 Å². The number of thioether (sulfide) groups is 1. The van der Waals surface area contributed by atoms with Gasteiger partial charge in [0.1, 0.15) is 0 Å². The summed E-state index contributed by atoms with van der Waals surface area (Å²) in [6, 6.07) is 7.81. The second-order valence-corrected chi connectivity index (χ2v) is 6.98. The van der Waals surface area contributed by atoms with Crippen LogP contribution in [-0.2, 0) is 11.3 Å². The zero-order valence-corrected chi connectivity index (χ0v) is 17.2. The Bertz CT molecular complexity index is 906. The highest BCUT2D eigenvalue weighted by Gasteiger charge is 2.15. The van der Waals surface area contributed by atoms with E-state index in [4.69, 9.17) is 0 Å². The normalized spacial score (nSPS) is 11.3. The fourth-order valence-corrected chi connectivity index (χ4v) is 3.17. The number of amides is 1. The number of benzene rings is 2. The lowest BCUT2D eigenvalue weighted by Gasteiger charge is -2.13. The van der Waals surface area contributed by atoms with Gasteiger partial charge in [-0.2, -0.15) is 0 Å². The van der Waals surface area contributed by atoms with Crippen LogP contribution in [0.2, 0.25) is 0 Å². The van der Waals surface area contributed by atoms with E-state index >= 15 is 0 Å². The van der Waals surface area contributed by atoms with E-state index in [1.165, 1.54) is 0 Å². The molecule has 0 heterocycles.